The molecule has 1 aliphatic carbocycles. The molecule has 0 saturated heterocycles. The summed E-state index contributed by atoms with van der Waals surface area (Å²) in [4.78, 5) is 0. The predicted octanol–water partition coefficient (Wildman–Crippen LogP) is 8.79. The van der Waals surface area contributed by atoms with E-state index in [1.807, 2.05) is 0 Å². The smallest absolute Gasteiger partial charge is 0.0414 e. The summed E-state index contributed by atoms with van der Waals surface area (Å²) in [5.41, 5.74) is 0. The van der Waals surface area contributed by atoms with Crippen molar-refractivity contribution in [2.75, 3.05) is 0 Å². The number of hydrogen-bond acceptors (Lipinski definition) is 0. The van der Waals surface area contributed by atoms with Crippen molar-refractivity contribution in [3.63, 3.8) is 0 Å². The molecule has 24 heavy (non-hydrogen) atoms. The lowest BCUT2D eigenvalue weighted by molar-refractivity contribution is 0.340. The third-order valence-corrected chi connectivity index (χ3v) is 6.56. The molecule has 144 valence electrons. The van der Waals surface area contributed by atoms with Crippen molar-refractivity contribution in [1.29, 1.82) is 0 Å². The van der Waals surface area contributed by atoms with Gasteiger partial charge in [-0.2, -0.15) is 0 Å². The van der Waals surface area contributed by atoms with Crippen molar-refractivity contribution in [1.82, 2.24) is 0 Å². The van der Waals surface area contributed by atoms with Gasteiger partial charge in [0.25, 0.3) is 0 Å². The molecule has 0 spiro atoms. The zero-order valence-corrected chi connectivity index (χ0v) is 17.6. The minimum atomic E-state index is 0.864. The third-order valence-electron chi connectivity index (χ3n) is 6.56. The van der Waals surface area contributed by atoms with E-state index in [0.29, 0.717) is 0 Å². The van der Waals surface area contributed by atoms with Gasteiger partial charge in [-0.05, 0) is 23.7 Å². The van der Waals surface area contributed by atoms with E-state index in [0.717, 1.165) is 23.7 Å². The number of unbranched alkanes of at least 4 members (excludes halogenated alkanes) is 7. The average molecular weight is 337 g/mol. The zero-order chi connectivity index (χ0) is 17.6. The first-order valence-corrected chi connectivity index (χ1v) is 11.6. The van der Waals surface area contributed by atoms with Crippen LogP contribution in [0.5, 0.6) is 0 Å². The average Bonchev–Trinajstić information content (AvgIpc) is 3.38. The van der Waals surface area contributed by atoms with Gasteiger partial charge in [-0.1, -0.05) is 130 Å². The highest BCUT2D eigenvalue weighted by Gasteiger charge is 2.22. The summed E-state index contributed by atoms with van der Waals surface area (Å²) in [6, 6.07) is 0. The normalized spacial score (nSPS) is 17.4. The van der Waals surface area contributed by atoms with Crippen LogP contribution in [0.1, 0.15) is 130 Å². The van der Waals surface area contributed by atoms with Crippen LogP contribution < -0.4 is 0 Å². The van der Waals surface area contributed by atoms with Crippen LogP contribution in [0.15, 0.2) is 0 Å². The first-order chi connectivity index (χ1) is 11.6. The summed E-state index contributed by atoms with van der Waals surface area (Å²) in [7, 11) is 0. The van der Waals surface area contributed by atoms with Crippen LogP contribution in [-0.2, 0) is 0 Å². The topological polar surface area (TPSA) is 0 Å². The lowest BCUT2D eigenvalue weighted by Crippen LogP contribution is -2.05. The van der Waals surface area contributed by atoms with Gasteiger partial charge in [-0.25, -0.2) is 0 Å². The van der Waals surface area contributed by atoms with Crippen molar-refractivity contribution in [2.24, 2.45) is 23.7 Å². The fourth-order valence-electron chi connectivity index (χ4n) is 3.93. The van der Waals surface area contributed by atoms with Crippen LogP contribution in [0.25, 0.3) is 0 Å². The van der Waals surface area contributed by atoms with Gasteiger partial charge in [0.15, 0.2) is 0 Å². The van der Waals surface area contributed by atoms with Gasteiger partial charge < -0.3 is 0 Å². The Kier molecular flexibility index (Phi) is 13.0. The van der Waals surface area contributed by atoms with Crippen LogP contribution in [0.3, 0.4) is 0 Å². The van der Waals surface area contributed by atoms with E-state index in [-0.39, 0.29) is 0 Å². The monoisotopic (exact) mass is 336 g/mol. The third kappa shape index (κ3) is 12.4. The second kappa shape index (κ2) is 14.2. The Morgan fingerprint density at radius 2 is 1.21 bits per heavy atom. The van der Waals surface area contributed by atoms with Gasteiger partial charge in [0.2, 0.25) is 0 Å². The quantitative estimate of drug-likeness (QED) is 0.233. The highest BCUT2D eigenvalue weighted by molar-refractivity contribution is 4.75. The largest absolute Gasteiger partial charge is 0.0654 e. The summed E-state index contributed by atoms with van der Waals surface area (Å²) in [6.07, 6.45) is 23.9. The lowest BCUT2D eigenvalue weighted by atomic mass is 9.87. The fourth-order valence-corrected chi connectivity index (χ4v) is 3.93. The molecule has 0 nitrogen and oxygen atoms in total. The second-order valence-electron chi connectivity index (χ2n) is 9.30. The van der Waals surface area contributed by atoms with Crippen LogP contribution >= 0.6 is 0 Å². The molecular weight excluding hydrogens is 288 g/mol. The standard InChI is InChI=1S/C24H48/c1-5-6-7-8-9-10-11-15-23(17-18-24-19-20-24)16-13-12-14-22(4)21(2)3/h21-24H,5-20H2,1-4H3. The van der Waals surface area contributed by atoms with Crippen molar-refractivity contribution < 1.29 is 0 Å². The van der Waals surface area contributed by atoms with Crippen molar-refractivity contribution in [2.45, 2.75) is 130 Å². The molecule has 0 aromatic rings. The van der Waals surface area contributed by atoms with Crippen LogP contribution in [0.2, 0.25) is 0 Å². The first kappa shape index (κ1) is 22.0. The molecule has 1 rings (SSSR count). The van der Waals surface area contributed by atoms with Gasteiger partial charge in [0.1, 0.15) is 0 Å². The Morgan fingerprint density at radius 1 is 0.667 bits per heavy atom. The molecule has 0 aliphatic heterocycles. The summed E-state index contributed by atoms with van der Waals surface area (Å²) in [5, 5.41) is 0. The fraction of sp³-hybridized carbons (Fsp3) is 1.00. The minimum Gasteiger partial charge on any atom is -0.0654 e. The Hall–Kier alpha value is 0. The minimum absolute atomic E-state index is 0.864. The van der Waals surface area contributed by atoms with E-state index >= 15 is 0 Å². The molecule has 0 radical (unpaired) electrons. The Balaban J connectivity index is 2.07. The number of hydrogen-bond donors (Lipinski definition) is 0. The lowest BCUT2D eigenvalue weighted by Gasteiger charge is -2.19. The summed E-state index contributed by atoms with van der Waals surface area (Å²) >= 11 is 0. The van der Waals surface area contributed by atoms with Crippen LogP contribution in [0, 0.1) is 23.7 Å². The Labute approximate surface area is 154 Å². The maximum Gasteiger partial charge on any atom is -0.0414 e. The highest BCUT2D eigenvalue weighted by Crippen LogP contribution is 2.36. The molecule has 0 aromatic carbocycles. The number of rotatable bonds is 17. The van der Waals surface area contributed by atoms with E-state index in [1.54, 1.807) is 12.8 Å². The molecular formula is C24H48. The molecule has 0 N–H and O–H groups in total. The molecule has 0 heterocycles. The molecule has 2 atom stereocenters. The first-order valence-electron chi connectivity index (χ1n) is 11.6. The van der Waals surface area contributed by atoms with Crippen molar-refractivity contribution >= 4 is 0 Å². The Bertz CT molecular complexity index is 263. The van der Waals surface area contributed by atoms with E-state index < -0.39 is 0 Å². The summed E-state index contributed by atoms with van der Waals surface area (Å²) in [5.74, 6) is 3.96. The van der Waals surface area contributed by atoms with Gasteiger partial charge in [0.05, 0.1) is 0 Å². The van der Waals surface area contributed by atoms with E-state index in [4.69, 9.17) is 0 Å². The molecule has 1 aliphatic rings. The van der Waals surface area contributed by atoms with Crippen molar-refractivity contribution in [3.8, 4) is 0 Å². The van der Waals surface area contributed by atoms with E-state index in [9.17, 15) is 0 Å². The zero-order valence-electron chi connectivity index (χ0n) is 17.6. The van der Waals surface area contributed by atoms with Gasteiger partial charge in [-0.3, -0.25) is 0 Å². The Morgan fingerprint density at radius 3 is 1.79 bits per heavy atom. The highest BCUT2D eigenvalue weighted by atomic mass is 14.3. The molecule has 0 bridgehead atoms. The molecule has 0 heteroatoms. The van der Waals surface area contributed by atoms with Gasteiger partial charge in [0, 0.05) is 0 Å². The van der Waals surface area contributed by atoms with Gasteiger partial charge in [-0.15, -0.1) is 0 Å². The van der Waals surface area contributed by atoms with E-state index in [2.05, 4.69) is 27.7 Å². The SMILES string of the molecule is CCCCCCCCCC(CCCCC(C)C(C)C)CCC1CC1. The molecule has 0 aromatic heterocycles. The van der Waals surface area contributed by atoms with Crippen LogP contribution in [-0.4, -0.2) is 0 Å². The molecule has 1 saturated carbocycles. The predicted molar refractivity (Wildman–Crippen MR) is 111 cm³/mol. The summed E-state index contributed by atoms with van der Waals surface area (Å²) < 4.78 is 0. The maximum absolute atomic E-state index is 2.44. The molecule has 0 amide bonds. The summed E-state index contributed by atoms with van der Waals surface area (Å²) in [6.45, 7) is 9.51. The second-order valence-corrected chi connectivity index (χ2v) is 9.30. The molecule has 2 unspecified atom stereocenters. The van der Waals surface area contributed by atoms with E-state index in [1.165, 1.54) is 89.9 Å². The van der Waals surface area contributed by atoms with Crippen LogP contribution in [0.4, 0.5) is 0 Å². The molecule has 1 fully saturated rings. The van der Waals surface area contributed by atoms with Gasteiger partial charge >= 0.3 is 0 Å². The maximum atomic E-state index is 2.44. The van der Waals surface area contributed by atoms with Crippen molar-refractivity contribution in [3.05, 3.63) is 0 Å².